The van der Waals surface area contributed by atoms with Gasteiger partial charge >= 0.3 is 18.9 Å². The molecule has 0 fully saturated rings. The zero-order valence-corrected chi connectivity index (χ0v) is 7.88. The average Bonchev–Trinajstić information content (AvgIpc) is 2.07. The third kappa shape index (κ3) is 3.32. The van der Waals surface area contributed by atoms with Crippen molar-refractivity contribution in [1.29, 1.82) is 0 Å². The SMILES string of the molecule is C=C[CH-]S(=O)c1ccccc1.[Li+]. The van der Waals surface area contributed by atoms with E-state index in [0.29, 0.717) is 0 Å². The standard InChI is InChI=1S/C9H9OS.Li/c1-2-8-11(10)9-6-4-3-5-7-9;/h2-8H,1H2;/q-1;+1. The van der Waals surface area contributed by atoms with Crippen LogP contribution in [-0.2, 0) is 10.8 Å². The molecule has 1 unspecified atom stereocenters. The van der Waals surface area contributed by atoms with Crippen molar-refractivity contribution >= 4 is 10.8 Å². The van der Waals surface area contributed by atoms with Gasteiger partial charge in [-0.2, -0.15) is 0 Å². The van der Waals surface area contributed by atoms with Crippen LogP contribution in [0.15, 0.2) is 47.9 Å². The maximum absolute atomic E-state index is 11.2. The molecular formula is C9H9LiOS. The van der Waals surface area contributed by atoms with E-state index in [2.05, 4.69) is 6.58 Å². The fourth-order valence-electron chi connectivity index (χ4n) is 0.721. The van der Waals surface area contributed by atoms with Crippen LogP contribution in [-0.4, -0.2) is 4.21 Å². The van der Waals surface area contributed by atoms with Gasteiger partial charge in [0.25, 0.3) is 0 Å². The molecule has 1 aromatic carbocycles. The predicted octanol–water partition coefficient (Wildman–Crippen LogP) is -0.854. The third-order valence-electron chi connectivity index (χ3n) is 1.20. The van der Waals surface area contributed by atoms with Crippen molar-refractivity contribution in [2.75, 3.05) is 0 Å². The zero-order valence-electron chi connectivity index (χ0n) is 7.07. The first-order chi connectivity index (χ1) is 5.34. The van der Waals surface area contributed by atoms with Gasteiger partial charge in [-0.1, -0.05) is 18.2 Å². The van der Waals surface area contributed by atoms with Gasteiger partial charge in [0.1, 0.15) is 0 Å². The van der Waals surface area contributed by atoms with E-state index in [9.17, 15) is 4.21 Å². The molecule has 0 aromatic heterocycles. The Hall–Kier alpha value is -0.423. The van der Waals surface area contributed by atoms with Crippen molar-refractivity contribution in [3.05, 3.63) is 48.7 Å². The smallest absolute Gasteiger partial charge is 0.269 e. The summed E-state index contributed by atoms with van der Waals surface area (Å²) in [6.07, 6.45) is 1.54. The summed E-state index contributed by atoms with van der Waals surface area (Å²) in [6.45, 7) is 3.48. The molecule has 1 atom stereocenters. The van der Waals surface area contributed by atoms with Crippen LogP contribution in [0.3, 0.4) is 0 Å². The molecule has 0 aliphatic carbocycles. The van der Waals surface area contributed by atoms with Crippen LogP contribution in [0.2, 0.25) is 0 Å². The molecule has 58 valence electrons. The Morgan fingerprint density at radius 1 is 1.33 bits per heavy atom. The molecule has 0 spiro atoms. The average molecular weight is 172 g/mol. The third-order valence-corrected chi connectivity index (χ3v) is 2.37. The molecule has 0 radical (unpaired) electrons. The topological polar surface area (TPSA) is 17.1 Å². The second kappa shape index (κ2) is 6.13. The van der Waals surface area contributed by atoms with Gasteiger partial charge < -0.3 is 0 Å². The summed E-state index contributed by atoms with van der Waals surface area (Å²) in [5.74, 6) is 1.56. The van der Waals surface area contributed by atoms with Crippen LogP contribution >= 0.6 is 0 Å². The molecule has 0 saturated heterocycles. The monoisotopic (exact) mass is 172 g/mol. The van der Waals surface area contributed by atoms with E-state index in [1.54, 1.807) is 11.8 Å². The van der Waals surface area contributed by atoms with Gasteiger partial charge in [-0.15, -0.1) is 5.75 Å². The van der Waals surface area contributed by atoms with E-state index in [1.165, 1.54) is 0 Å². The Morgan fingerprint density at radius 3 is 2.42 bits per heavy atom. The maximum Gasteiger partial charge on any atom is 1.00 e. The maximum atomic E-state index is 11.2. The summed E-state index contributed by atoms with van der Waals surface area (Å²) in [5.41, 5.74) is 0. The van der Waals surface area contributed by atoms with Gasteiger partial charge in [-0.25, -0.2) is 12.7 Å². The van der Waals surface area contributed by atoms with Crippen molar-refractivity contribution in [3.8, 4) is 0 Å². The predicted molar refractivity (Wildman–Crippen MR) is 47.3 cm³/mol. The van der Waals surface area contributed by atoms with Crippen LogP contribution in [0.5, 0.6) is 0 Å². The van der Waals surface area contributed by atoms with Crippen molar-refractivity contribution in [1.82, 2.24) is 0 Å². The van der Waals surface area contributed by atoms with Gasteiger partial charge in [0.05, 0.1) is 0 Å². The number of rotatable bonds is 3. The normalized spacial score (nSPS) is 11.0. The summed E-state index contributed by atoms with van der Waals surface area (Å²) < 4.78 is 11.2. The first kappa shape index (κ1) is 11.6. The van der Waals surface area contributed by atoms with Crippen molar-refractivity contribution < 1.29 is 23.1 Å². The molecule has 1 aromatic rings. The van der Waals surface area contributed by atoms with E-state index in [-0.39, 0.29) is 18.9 Å². The molecule has 0 saturated carbocycles. The Labute approximate surface area is 87.5 Å². The molecule has 0 aliphatic rings. The summed E-state index contributed by atoms with van der Waals surface area (Å²) in [7, 11) is -1.03. The van der Waals surface area contributed by atoms with Crippen molar-refractivity contribution in [3.63, 3.8) is 0 Å². The summed E-state index contributed by atoms with van der Waals surface area (Å²) >= 11 is 0. The van der Waals surface area contributed by atoms with E-state index < -0.39 is 10.8 Å². The summed E-state index contributed by atoms with van der Waals surface area (Å²) in [4.78, 5) is 0.812. The Bertz CT molecular complexity index is 258. The summed E-state index contributed by atoms with van der Waals surface area (Å²) in [6, 6.07) is 9.29. The number of hydrogen-bond acceptors (Lipinski definition) is 1. The first-order valence-electron chi connectivity index (χ1n) is 3.26. The number of hydrogen-bond donors (Lipinski definition) is 0. The molecule has 0 N–H and O–H groups in total. The Morgan fingerprint density at radius 2 is 1.92 bits per heavy atom. The summed E-state index contributed by atoms with van der Waals surface area (Å²) in [5, 5.41) is 0. The molecule has 1 nitrogen and oxygen atoms in total. The van der Waals surface area contributed by atoms with E-state index in [4.69, 9.17) is 0 Å². The second-order valence-electron chi connectivity index (χ2n) is 1.98. The van der Waals surface area contributed by atoms with Gasteiger partial charge in [0.2, 0.25) is 0 Å². The van der Waals surface area contributed by atoms with E-state index >= 15 is 0 Å². The van der Waals surface area contributed by atoms with Crippen molar-refractivity contribution in [2.24, 2.45) is 0 Å². The van der Waals surface area contributed by atoms with Gasteiger partial charge in [0.15, 0.2) is 0 Å². The number of benzene rings is 1. The van der Waals surface area contributed by atoms with Crippen molar-refractivity contribution in [2.45, 2.75) is 4.90 Å². The van der Waals surface area contributed by atoms with Gasteiger partial charge in [-0.3, -0.25) is 4.21 Å². The Kier molecular flexibility index (Phi) is 5.92. The Balaban J connectivity index is 0.00000121. The van der Waals surface area contributed by atoms with Crippen LogP contribution in [0.25, 0.3) is 0 Å². The molecule has 0 amide bonds. The molecule has 0 aliphatic heterocycles. The van der Waals surface area contributed by atoms with E-state index in [0.717, 1.165) is 4.90 Å². The zero-order chi connectivity index (χ0) is 8.10. The van der Waals surface area contributed by atoms with E-state index in [1.807, 2.05) is 30.3 Å². The van der Waals surface area contributed by atoms with Crippen LogP contribution in [0, 0.1) is 5.75 Å². The first-order valence-corrected chi connectivity index (χ1v) is 4.47. The molecule has 0 heterocycles. The quantitative estimate of drug-likeness (QED) is 0.428. The molecule has 12 heavy (non-hydrogen) atoms. The van der Waals surface area contributed by atoms with Crippen LogP contribution < -0.4 is 18.9 Å². The second-order valence-corrected chi connectivity index (χ2v) is 3.32. The minimum absolute atomic E-state index is 0. The van der Waals surface area contributed by atoms with Gasteiger partial charge in [0, 0.05) is 4.90 Å². The molecule has 3 heteroatoms. The fraction of sp³-hybridized carbons (Fsp3) is 0. The molecule has 1 rings (SSSR count). The van der Waals surface area contributed by atoms with Gasteiger partial charge in [-0.05, 0) is 22.9 Å². The fourth-order valence-corrected chi connectivity index (χ4v) is 1.48. The minimum Gasteiger partial charge on any atom is -0.269 e. The molecular weight excluding hydrogens is 163 g/mol. The minimum atomic E-state index is -1.03. The molecule has 0 bridgehead atoms. The largest absolute Gasteiger partial charge is 1.00 e. The van der Waals surface area contributed by atoms with Crippen LogP contribution in [0.1, 0.15) is 0 Å². The van der Waals surface area contributed by atoms with Crippen LogP contribution in [0.4, 0.5) is 0 Å².